The molecular formula is C19H28FN3O4. The standard InChI is InChI=1S/C19H28FN3O4/c1-5-15(24)14(23-17(25)13-9-11-21-16(20)12-13)8-6-7-10-22-18(26)27-19(2,3)4/h9,11-12,14H,5-8,10H2,1-4H3,(H,22,26)(H,23,25)/t14-/m0/s1. The van der Waals surface area contributed by atoms with Crippen LogP contribution < -0.4 is 10.6 Å². The topological polar surface area (TPSA) is 97.4 Å². The molecule has 1 heterocycles. The Kier molecular flexibility index (Phi) is 8.84. The Balaban J connectivity index is 2.46. The van der Waals surface area contributed by atoms with Gasteiger partial charge in [0, 0.05) is 30.8 Å². The first-order valence-corrected chi connectivity index (χ1v) is 9.04. The van der Waals surface area contributed by atoms with E-state index in [0.29, 0.717) is 25.8 Å². The first-order chi connectivity index (χ1) is 12.6. The summed E-state index contributed by atoms with van der Waals surface area (Å²) in [5.74, 6) is -1.37. The van der Waals surface area contributed by atoms with Crippen molar-refractivity contribution < 1.29 is 23.5 Å². The van der Waals surface area contributed by atoms with Crippen molar-refractivity contribution in [1.29, 1.82) is 0 Å². The molecule has 0 aliphatic carbocycles. The van der Waals surface area contributed by atoms with Gasteiger partial charge in [-0.25, -0.2) is 9.78 Å². The van der Waals surface area contributed by atoms with Gasteiger partial charge in [-0.1, -0.05) is 6.92 Å². The van der Waals surface area contributed by atoms with E-state index in [1.165, 1.54) is 12.3 Å². The summed E-state index contributed by atoms with van der Waals surface area (Å²) in [5.41, 5.74) is -0.442. The SMILES string of the molecule is CCC(=O)[C@H](CCCCNC(=O)OC(C)(C)C)NC(=O)c1ccnc(F)c1. The maximum absolute atomic E-state index is 13.1. The second kappa shape index (κ2) is 10.6. The summed E-state index contributed by atoms with van der Waals surface area (Å²) in [4.78, 5) is 39.3. The number of nitrogens with one attached hydrogen (secondary N) is 2. The lowest BCUT2D eigenvalue weighted by Crippen LogP contribution is -2.40. The van der Waals surface area contributed by atoms with Crippen LogP contribution in [0.1, 0.15) is 63.7 Å². The predicted octanol–water partition coefficient (Wildman–Crippen LogP) is 2.99. The first-order valence-electron chi connectivity index (χ1n) is 9.04. The lowest BCUT2D eigenvalue weighted by molar-refractivity contribution is -0.120. The second-order valence-electron chi connectivity index (χ2n) is 7.14. The van der Waals surface area contributed by atoms with Crippen molar-refractivity contribution in [3.63, 3.8) is 0 Å². The van der Waals surface area contributed by atoms with Crippen LogP contribution in [-0.2, 0) is 9.53 Å². The van der Waals surface area contributed by atoms with E-state index in [4.69, 9.17) is 4.74 Å². The number of amides is 2. The van der Waals surface area contributed by atoms with Gasteiger partial charge >= 0.3 is 6.09 Å². The fraction of sp³-hybridized carbons (Fsp3) is 0.579. The summed E-state index contributed by atoms with van der Waals surface area (Å²) in [5, 5.41) is 5.29. The highest BCUT2D eigenvalue weighted by atomic mass is 19.1. The van der Waals surface area contributed by atoms with Crippen molar-refractivity contribution >= 4 is 17.8 Å². The van der Waals surface area contributed by atoms with Crippen LogP contribution in [0.2, 0.25) is 0 Å². The monoisotopic (exact) mass is 381 g/mol. The minimum Gasteiger partial charge on any atom is -0.444 e. The first kappa shape index (κ1) is 22.5. The summed E-state index contributed by atoms with van der Waals surface area (Å²) >= 11 is 0. The van der Waals surface area contributed by atoms with Gasteiger partial charge in [-0.3, -0.25) is 9.59 Å². The average molecular weight is 381 g/mol. The van der Waals surface area contributed by atoms with Gasteiger partial charge in [0.25, 0.3) is 5.91 Å². The molecule has 1 atom stereocenters. The molecule has 2 N–H and O–H groups in total. The highest BCUT2D eigenvalue weighted by molar-refractivity contribution is 5.97. The van der Waals surface area contributed by atoms with Gasteiger partial charge in [-0.15, -0.1) is 0 Å². The number of nitrogens with zero attached hydrogens (tertiary/aromatic N) is 1. The van der Waals surface area contributed by atoms with Gasteiger partial charge in [0.05, 0.1) is 6.04 Å². The quantitative estimate of drug-likeness (QED) is 0.506. The van der Waals surface area contributed by atoms with Crippen LogP contribution in [0, 0.1) is 5.95 Å². The maximum atomic E-state index is 13.1. The number of ether oxygens (including phenoxy) is 1. The second-order valence-corrected chi connectivity index (χ2v) is 7.14. The number of unbranched alkanes of at least 4 members (excludes halogenated alkanes) is 1. The molecular weight excluding hydrogens is 353 g/mol. The lowest BCUT2D eigenvalue weighted by Gasteiger charge is -2.20. The van der Waals surface area contributed by atoms with Gasteiger partial charge in [0.1, 0.15) is 5.60 Å². The number of aromatic nitrogens is 1. The van der Waals surface area contributed by atoms with Crippen molar-refractivity contribution in [2.24, 2.45) is 0 Å². The van der Waals surface area contributed by atoms with Gasteiger partial charge in [-0.05, 0) is 46.1 Å². The molecule has 0 aromatic carbocycles. The van der Waals surface area contributed by atoms with E-state index in [1.54, 1.807) is 27.7 Å². The average Bonchev–Trinajstić information content (AvgIpc) is 2.58. The van der Waals surface area contributed by atoms with Gasteiger partial charge in [0.15, 0.2) is 5.78 Å². The van der Waals surface area contributed by atoms with E-state index < -0.39 is 29.6 Å². The molecule has 0 saturated heterocycles. The van der Waals surface area contributed by atoms with Crippen molar-refractivity contribution in [1.82, 2.24) is 15.6 Å². The van der Waals surface area contributed by atoms with Crippen molar-refractivity contribution in [3.05, 3.63) is 29.8 Å². The third kappa shape index (κ3) is 9.12. The van der Waals surface area contributed by atoms with Gasteiger partial charge in [0.2, 0.25) is 5.95 Å². The zero-order valence-corrected chi connectivity index (χ0v) is 16.3. The zero-order valence-electron chi connectivity index (χ0n) is 16.3. The van der Waals surface area contributed by atoms with Crippen molar-refractivity contribution in [2.75, 3.05) is 6.54 Å². The summed E-state index contributed by atoms with van der Waals surface area (Å²) in [6, 6.07) is 1.75. The Morgan fingerprint density at radius 3 is 2.56 bits per heavy atom. The van der Waals surface area contributed by atoms with Crippen molar-refractivity contribution in [2.45, 2.75) is 65.0 Å². The molecule has 0 aliphatic rings. The molecule has 150 valence electrons. The molecule has 7 nitrogen and oxygen atoms in total. The molecule has 0 aliphatic heterocycles. The molecule has 27 heavy (non-hydrogen) atoms. The van der Waals surface area contributed by atoms with E-state index in [0.717, 1.165) is 6.07 Å². The highest BCUT2D eigenvalue weighted by Gasteiger charge is 2.20. The summed E-state index contributed by atoms with van der Waals surface area (Å²) in [6.07, 6.45) is 2.68. The Morgan fingerprint density at radius 1 is 1.26 bits per heavy atom. The van der Waals surface area contributed by atoms with Crippen molar-refractivity contribution in [3.8, 4) is 0 Å². The number of pyridine rings is 1. The van der Waals surface area contributed by atoms with Crippen LogP contribution >= 0.6 is 0 Å². The number of hydrogen-bond donors (Lipinski definition) is 2. The van der Waals surface area contributed by atoms with Crippen LogP contribution in [0.15, 0.2) is 18.3 Å². The van der Waals surface area contributed by atoms with E-state index in [-0.39, 0.29) is 17.8 Å². The fourth-order valence-corrected chi connectivity index (χ4v) is 2.32. The van der Waals surface area contributed by atoms with Crippen LogP contribution in [-0.4, -0.2) is 41.0 Å². The highest BCUT2D eigenvalue weighted by Crippen LogP contribution is 2.08. The van der Waals surface area contributed by atoms with Crippen LogP contribution in [0.4, 0.5) is 9.18 Å². The maximum Gasteiger partial charge on any atom is 0.407 e. The number of carbonyl (C=O) groups excluding carboxylic acids is 3. The Bertz CT molecular complexity index is 659. The number of rotatable bonds is 9. The number of ketones is 1. The number of Topliss-reactive ketones (excluding diaryl/α,β-unsaturated/α-hetero) is 1. The minimum atomic E-state index is -0.755. The number of alkyl carbamates (subject to hydrolysis) is 1. The molecule has 1 rings (SSSR count). The molecule has 0 bridgehead atoms. The normalized spacial score (nSPS) is 12.2. The van der Waals surface area contributed by atoms with Crippen LogP contribution in [0.5, 0.6) is 0 Å². The van der Waals surface area contributed by atoms with E-state index in [1.807, 2.05) is 0 Å². The number of carbonyl (C=O) groups is 3. The molecule has 0 radical (unpaired) electrons. The fourth-order valence-electron chi connectivity index (χ4n) is 2.32. The third-order valence-electron chi connectivity index (χ3n) is 3.62. The van der Waals surface area contributed by atoms with E-state index >= 15 is 0 Å². The molecule has 1 aromatic heterocycles. The lowest BCUT2D eigenvalue weighted by atomic mass is 10.0. The molecule has 0 unspecified atom stereocenters. The molecule has 1 aromatic rings. The largest absolute Gasteiger partial charge is 0.444 e. The van der Waals surface area contributed by atoms with Crippen LogP contribution in [0.3, 0.4) is 0 Å². The minimum absolute atomic E-state index is 0.0991. The Morgan fingerprint density at radius 2 is 1.96 bits per heavy atom. The van der Waals surface area contributed by atoms with Gasteiger partial charge < -0.3 is 15.4 Å². The molecule has 2 amide bonds. The molecule has 0 fully saturated rings. The summed E-state index contributed by atoms with van der Waals surface area (Å²) in [6.45, 7) is 7.48. The summed E-state index contributed by atoms with van der Waals surface area (Å²) < 4.78 is 18.3. The van der Waals surface area contributed by atoms with Crippen LogP contribution in [0.25, 0.3) is 0 Å². The Labute approximate surface area is 159 Å². The predicted molar refractivity (Wildman–Crippen MR) is 98.8 cm³/mol. The number of hydrogen-bond acceptors (Lipinski definition) is 5. The van der Waals surface area contributed by atoms with Gasteiger partial charge in [-0.2, -0.15) is 4.39 Å². The number of halogens is 1. The molecule has 8 heteroatoms. The van der Waals surface area contributed by atoms with E-state index in [2.05, 4.69) is 15.6 Å². The molecule has 0 spiro atoms. The summed E-state index contributed by atoms with van der Waals surface area (Å²) in [7, 11) is 0. The molecule has 0 saturated carbocycles. The Hall–Kier alpha value is -2.51. The third-order valence-corrected chi connectivity index (χ3v) is 3.62. The smallest absolute Gasteiger partial charge is 0.407 e. The zero-order chi connectivity index (χ0) is 20.4. The van der Waals surface area contributed by atoms with E-state index in [9.17, 15) is 18.8 Å².